The number of carbonyl (C=O) groups is 2. The predicted octanol–water partition coefficient (Wildman–Crippen LogP) is 1.07. The average molecular weight is 316 g/mol. The molecule has 2 rings (SSSR count). The molecular formula is C14H12N4O5. The lowest BCUT2D eigenvalue weighted by molar-refractivity contribution is -0.402. The molecule has 0 bridgehead atoms. The minimum absolute atomic E-state index is 0.116. The minimum Gasteiger partial charge on any atom is -0.400 e. The van der Waals surface area contributed by atoms with Gasteiger partial charge in [0.1, 0.15) is 4.92 Å². The van der Waals surface area contributed by atoms with Gasteiger partial charge in [-0.2, -0.15) is 5.10 Å². The molecular weight excluding hydrogens is 304 g/mol. The molecule has 118 valence electrons. The largest absolute Gasteiger partial charge is 0.433 e. The van der Waals surface area contributed by atoms with E-state index in [9.17, 15) is 19.7 Å². The maximum Gasteiger partial charge on any atom is 0.433 e. The zero-order valence-corrected chi connectivity index (χ0v) is 11.8. The number of hydrazone groups is 1. The first kappa shape index (κ1) is 15.9. The number of nitro groups is 1. The van der Waals surface area contributed by atoms with Gasteiger partial charge in [0.25, 0.3) is 11.8 Å². The monoisotopic (exact) mass is 316 g/mol. The molecule has 0 radical (unpaired) electrons. The molecule has 23 heavy (non-hydrogen) atoms. The van der Waals surface area contributed by atoms with E-state index in [4.69, 9.17) is 4.42 Å². The molecule has 9 nitrogen and oxygen atoms in total. The Morgan fingerprint density at radius 1 is 1.22 bits per heavy atom. The fourth-order valence-electron chi connectivity index (χ4n) is 1.57. The molecule has 2 aromatic rings. The van der Waals surface area contributed by atoms with Gasteiger partial charge in [0.15, 0.2) is 5.76 Å². The van der Waals surface area contributed by atoms with Crippen LogP contribution in [-0.2, 0) is 4.79 Å². The topological polar surface area (TPSA) is 127 Å². The Bertz CT molecular complexity index is 739. The van der Waals surface area contributed by atoms with Crippen LogP contribution in [0.15, 0.2) is 52.0 Å². The molecule has 1 heterocycles. The van der Waals surface area contributed by atoms with E-state index in [0.717, 1.165) is 6.21 Å². The molecule has 0 aliphatic rings. The van der Waals surface area contributed by atoms with Crippen molar-refractivity contribution < 1.29 is 18.9 Å². The van der Waals surface area contributed by atoms with Crippen molar-refractivity contribution in [2.75, 3.05) is 6.54 Å². The minimum atomic E-state index is -0.685. The van der Waals surface area contributed by atoms with E-state index in [2.05, 4.69) is 15.8 Å². The summed E-state index contributed by atoms with van der Waals surface area (Å²) in [6, 6.07) is 10.9. The Morgan fingerprint density at radius 2 is 1.96 bits per heavy atom. The third kappa shape index (κ3) is 4.77. The summed E-state index contributed by atoms with van der Waals surface area (Å²) >= 11 is 0. The molecule has 0 aliphatic heterocycles. The van der Waals surface area contributed by atoms with Crippen molar-refractivity contribution in [1.82, 2.24) is 10.7 Å². The average Bonchev–Trinajstić information content (AvgIpc) is 3.02. The number of furan rings is 1. The number of hydrogen-bond acceptors (Lipinski definition) is 6. The Labute approximate surface area is 130 Å². The molecule has 9 heteroatoms. The quantitative estimate of drug-likeness (QED) is 0.468. The fourth-order valence-corrected chi connectivity index (χ4v) is 1.57. The van der Waals surface area contributed by atoms with Gasteiger partial charge >= 0.3 is 5.88 Å². The maximum absolute atomic E-state index is 11.7. The third-order valence-electron chi connectivity index (χ3n) is 2.62. The lowest BCUT2D eigenvalue weighted by atomic mass is 10.2. The molecule has 2 N–H and O–H groups in total. The Balaban J connectivity index is 1.77. The van der Waals surface area contributed by atoms with Gasteiger partial charge in [-0.1, -0.05) is 18.2 Å². The van der Waals surface area contributed by atoms with Crippen LogP contribution in [0.5, 0.6) is 0 Å². The highest BCUT2D eigenvalue weighted by molar-refractivity contribution is 5.96. The summed E-state index contributed by atoms with van der Waals surface area (Å²) in [6.07, 6.45) is 1.11. The summed E-state index contributed by atoms with van der Waals surface area (Å²) in [4.78, 5) is 32.9. The summed E-state index contributed by atoms with van der Waals surface area (Å²) in [5.74, 6) is -1.24. The van der Waals surface area contributed by atoms with Crippen molar-refractivity contribution in [2.24, 2.45) is 5.10 Å². The van der Waals surface area contributed by atoms with Crippen molar-refractivity contribution in [3.63, 3.8) is 0 Å². The smallest absolute Gasteiger partial charge is 0.400 e. The van der Waals surface area contributed by atoms with Crippen LogP contribution in [0.1, 0.15) is 16.1 Å². The lowest BCUT2D eigenvalue weighted by Crippen LogP contribution is -2.34. The van der Waals surface area contributed by atoms with Crippen molar-refractivity contribution in [3.8, 4) is 0 Å². The van der Waals surface area contributed by atoms with E-state index >= 15 is 0 Å². The van der Waals surface area contributed by atoms with Gasteiger partial charge in [0.05, 0.1) is 18.8 Å². The third-order valence-corrected chi connectivity index (χ3v) is 2.62. The molecule has 2 amide bonds. The number of nitrogens with zero attached hydrogens (tertiary/aromatic N) is 2. The predicted molar refractivity (Wildman–Crippen MR) is 79.9 cm³/mol. The highest BCUT2D eigenvalue weighted by atomic mass is 16.6. The van der Waals surface area contributed by atoms with Crippen LogP contribution in [-0.4, -0.2) is 29.5 Å². The Morgan fingerprint density at radius 3 is 2.61 bits per heavy atom. The second-order valence-electron chi connectivity index (χ2n) is 4.27. The van der Waals surface area contributed by atoms with E-state index in [1.54, 1.807) is 30.3 Å². The molecule has 0 aliphatic carbocycles. The van der Waals surface area contributed by atoms with Crippen molar-refractivity contribution in [2.45, 2.75) is 0 Å². The number of hydrogen-bond donors (Lipinski definition) is 2. The molecule has 0 atom stereocenters. The second kappa shape index (κ2) is 7.50. The highest BCUT2D eigenvalue weighted by Crippen LogP contribution is 2.13. The Hall–Kier alpha value is -3.49. The second-order valence-corrected chi connectivity index (χ2v) is 4.27. The van der Waals surface area contributed by atoms with Gasteiger partial charge in [-0.25, -0.2) is 5.43 Å². The molecule has 0 saturated carbocycles. The van der Waals surface area contributed by atoms with Gasteiger partial charge in [-0.15, -0.1) is 0 Å². The van der Waals surface area contributed by atoms with Crippen LogP contribution in [0.4, 0.5) is 5.88 Å². The van der Waals surface area contributed by atoms with Crippen molar-refractivity contribution in [1.29, 1.82) is 0 Å². The molecule has 0 unspecified atom stereocenters. The van der Waals surface area contributed by atoms with Crippen LogP contribution >= 0.6 is 0 Å². The van der Waals surface area contributed by atoms with E-state index in [1.807, 2.05) is 0 Å². The van der Waals surface area contributed by atoms with Crippen LogP contribution < -0.4 is 10.7 Å². The van der Waals surface area contributed by atoms with E-state index < -0.39 is 16.7 Å². The van der Waals surface area contributed by atoms with Gasteiger partial charge in [-0.05, 0) is 18.2 Å². The van der Waals surface area contributed by atoms with Gasteiger partial charge in [0.2, 0.25) is 0 Å². The number of amides is 2. The number of carbonyl (C=O) groups excluding carboxylic acids is 2. The van der Waals surface area contributed by atoms with E-state index in [1.165, 1.54) is 12.1 Å². The maximum atomic E-state index is 11.7. The first-order valence-electron chi connectivity index (χ1n) is 6.45. The van der Waals surface area contributed by atoms with Crippen LogP contribution in [0, 0.1) is 10.1 Å². The van der Waals surface area contributed by atoms with Crippen molar-refractivity contribution in [3.05, 3.63) is 63.9 Å². The fraction of sp³-hybridized carbons (Fsp3) is 0.0714. The van der Waals surface area contributed by atoms with Gasteiger partial charge in [-0.3, -0.25) is 19.7 Å². The SMILES string of the molecule is O=C(CNC(=O)c1ccccc1)N/N=C/c1ccc([N+](=O)[O-])o1. The van der Waals surface area contributed by atoms with Crippen LogP contribution in [0.3, 0.4) is 0 Å². The number of rotatable bonds is 6. The standard InChI is InChI=1S/C14H12N4O5/c19-12(9-15-14(20)10-4-2-1-3-5-10)17-16-8-11-6-7-13(23-11)18(21)22/h1-8H,9H2,(H,15,20)(H,17,19)/b16-8+. The highest BCUT2D eigenvalue weighted by Gasteiger charge is 2.10. The zero-order valence-electron chi connectivity index (χ0n) is 11.8. The molecule has 1 aromatic carbocycles. The summed E-state index contributed by atoms with van der Waals surface area (Å²) in [5, 5.41) is 16.4. The molecule has 0 spiro atoms. The van der Waals surface area contributed by atoms with Gasteiger partial charge in [0, 0.05) is 5.56 Å². The number of nitrogens with one attached hydrogen (secondary N) is 2. The van der Waals surface area contributed by atoms with Gasteiger partial charge < -0.3 is 9.73 Å². The summed E-state index contributed by atoms with van der Waals surface area (Å²) in [5.41, 5.74) is 2.60. The normalized spacial score (nSPS) is 10.4. The number of benzene rings is 1. The molecule has 1 aromatic heterocycles. The van der Waals surface area contributed by atoms with Crippen molar-refractivity contribution >= 4 is 23.9 Å². The lowest BCUT2D eigenvalue weighted by Gasteiger charge is -2.03. The first-order chi connectivity index (χ1) is 11.1. The molecule has 0 saturated heterocycles. The molecule has 0 fully saturated rings. The van der Waals surface area contributed by atoms with E-state index in [-0.39, 0.29) is 18.2 Å². The summed E-state index contributed by atoms with van der Waals surface area (Å²) in [6.45, 7) is -0.261. The summed E-state index contributed by atoms with van der Waals surface area (Å²) < 4.78 is 4.81. The Kier molecular flexibility index (Phi) is 5.18. The van der Waals surface area contributed by atoms with E-state index in [0.29, 0.717) is 5.56 Å². The van der Waals surface area contributed by atoms with Crippen LogP contribution in [0.2, 0.25) is 0 Å². The zero-order chi connectivity index (χ0) is 16.7. The summed E-state index contributed by atoms with van der Waals surface area (Å²) in [7, 11) is 0. The first-order valence-corrected chi connectivity index (χ1v) is 6.45. The van der Waals surface area contributed by atoms with Crippen LogP contribution in [0.25, 0.3) is 0 Å².